The molecule has 0 spiro atoms. The Morgan fingerprint density at radius 2 is 1.86 bits per heavy atom. The second-order valence-electron chi connectivity index (χ2n) is 6.16. The van der Waals surface area contributed by atoms with E-state index >= 15 is 0 Å². The van der Waals surface area contributed by atoms with Crippen molar-refractivity contribution in [2.24, 2.45) is 5.73 Å². The van der Waals surface area contributed by atoms with Gasteiger partial charge in [-0.15, -0.1) is 0 Å². The Kier molecular flexibility index (Phi) is 7.45. The van der Waals surface area contributed by atoms with Crippen molar-refractivity contribution in [3.8, 4) is 0 Å². The second-order valence-corrected chi connectivity index (χ2v) is 9.79. The maximum atomic E-state index is 6.22. The van der Waals surface area contributed by atoms with Gasteiger partial charge in [0.2, 0.25) is 0 Å². The minimum absolute atomic E-state index is 0.149. The van der Waals surface area contributed by atoms with Gasteiger partial charge in [0, 0.05) is 21.3 Å². The van der Waals surface area contributed by atoms with E-state index in [0.717, 1.165) is 38.3 Å². The quantitative estimate of drug-likeness (QED) is 0.438. The molecule has 4 N–H and O–H groups in total. The highest BCUT2D eigenvalue weighted by molar-refractivity contribution is 6.71. The van der Waals surface area contributed by atoms with Crippen LogP contribution < -0.4 is 16.4 Å². The van der Waals surface area contributed by atoms with Crippen LogP contribution >= 0.6 is 0 Å². The Balaban J connectivity index is 3.47. The van der Waals surface area contributed by atoms with Crippen LogP contribution in [0.2, 0.25) is 6.04 Å². The van der Waals surface area contributed by atoms with Crippen molar-refractivity contribution in [3.63, 3.8) is 0 Å². The van der Waals surface area contributed by atoms with Gasteiger partial charge in [0.05, 0.1) is 6.17 Å². The monoisotopic (exact) mass is 333 g/mol. The van der Waals surface area contributed by atoms with Gasteiger partial charge in [-0.25, -0.2) is 0 Å². The molecule has 7 heteroatoms. The number of hydrogen-bond donors (Lipinski definition) is 3. The molecule has 1 aliphatic rings. The van der Waals surface area contributed by atoms with Crippen LogP contribution in [0.3, 0.4) is 0 Å². The van der Waals surface area contributed by atoms with Gasteiger partial charge in [-0.1, -0.05) is 20.3 Å². The van der Waals surface area contributed by atoms with Crippen molar-refractivity contribution >= 4 is 8.56 Å². The van der Waals surface area contributed by atoms with E-state index in [1.54, 1.807) is 21.3 Å². The van der Waals surface area contributed by atoms with Crippen LogP contribution in [0.25, 0.3) is 0 Å². The summed E-state index contributed by atoms with van der Waals surface area (Å²) in [4.78, 5) is 0. The zero-order valence-electron chi connectivity index (χ0n) is 15.1. The van der Waals surface area contributed by atoms with Crippen LogP contribution in [0.5, 0.6) is 0 Å². The summed E-state index contributed by atoms with van der Waals surface area (Å²) < 4.78 is 18.3. The summed E-state index contributed by atoms with van der Waals surface area (Å²) in [6.45, 7) is 7.06. The third-order valence-electron chi connectivity index (χ3n) is 4.92. The van der Waals surface area contributed by atoms with Crippen LogP contribution in [0.4, 0.5) is 0 Å². The van der Waals surface area contributed by atoms with Crippen LogP contribution in [-0.2, 0) is 13.6 Å². The molecular weight excluding hydrogens is 298 g/mol. The number of hydrogen-bond acceptors (Lipinski definition) is 6. The van der Waals surface area contributed by atoms with Crippen molar-refractivity contribution < 1.29 is 13.6 Å². The Labute approximate surface area is 136 Å². The SMILES string of the molecule is CCCC1(OC)C(NCC)(NC(C)N)CCC[Si]1(OC)OC. The van der Waals surface area contributed by atoms with E-state index < -0.39 is 19.4 Å². The third kappa shape index (κ3) is 3.13. The minimum Gasteiger partial charge on any atom is -0.396 e. The summed E-state index contributed by atoms with van der Waals surface area (Å²) in [5, 5.41) is 6.67. The standard InChI is InChI=1S/C15H35N3O3Si/c1-7-10-15(19-4)14(17-8-2,18-13(3)16)11-9-12-22(15,20-5)21-6/h13,17-18H,7-12,16H2,1-6H3. The molecule has 0 radical (unpaired) electrons. The number of likely N-dealkylation sites (N-methyl/N-ethyl adjacent to an activating group) is 1. The van der Waals surface area contributed by atoms with Crippen molar-refractivity contribution in [2.75, 3.05) is 27.9 Å². The van der Waals surface area contributed by atoms with Gasteiger partial charge in [0.1, 0.15) is 10.9 Å². The molecule has 0 bridgehead atoms. The van der Waals surface area contributed by atoms with Gasteiger partial charge in [-0.3, -0.25) is 10.6 Å². The molecule has 3 atom stereocenters. The Morgan fingerprint density at radius 3 is 2.27 bits per heavy atom. The lowest BCUT2D eigenvalue weighted by Gasteiger charge is -2.60. The van der Waals surface area contributed by atoms with Gasteiger partial charge in [0.25, 0.3) is 0 Å². The predicted octanol–water partition coefficient (Wildman–Crippen LogP) is 1.44. The highest BCUT2D eigenvalue weighted by Crippen LogP contribution is 2.47. The Morgan fingerprint density at radius 1 is 1.23 bits per heavy atom. The van der Waals surface area contributed by atoms with E-state index in [1.807, 2.05) is 6.92 Å². The summed E-state index contributed by atoms with van der Waals surface area (Å²) in [7, 11) is 2.71. The topological polar surface area (TPSA) is 77.8 Å². The van der Waals surface area contributed by atoms with E-state index in [2.05, 4.69) is 24.5 Å². The molecule has 0 aliphatic carbocycles. The van der Waals surface area contributed by atoms with Crippen molar-refractivity contribution in [1.29, 1.82) is 0 Å². The van der Waals surface area contributed by atoms with Crippen molar-refractivity contribution in [3.05, 3.63) is 0 Å². The normalized spacial score (nSPS) is 32.9. The summed E-state index contributed by atoms with van der Waals surface area (Å²) in [5.74, 6) is 0. The smallest absolute Gasteiger partial charge is 0.374 e. The summed E-state index contributed by atoms with van der Waals surface area (Å²) >= 11 is 0. The number of nitrogens with one attached hydrogen (secondary N) is 2. The van der Waals surface area contributed by atoms with Crippen molar-refractivity contribution in [1.82, 2.24) is 10.6 Å². The van der Waals surface area contributed by atoms with Crippen molar-refractivity contribution in [2.45, 2.75) is 69.6 Å². The zero-order chi connectivity index (χ0) is 16.9. The molecule has 0 saturated carbocycles. The van der Waals surface area contributed by atoms with E-state index in [1.165, 1.54) is 0 Å². The summed E-state index contributed by atoms with van der Waals surface area (Å²) in [6.07, 6.45) is 3.67. The molecular formula is C15H35N3O3Si. The number of nitrogens with two attached hydrogens (primary N) is 1. The van der Waals surface area contributed by atoms with Crippen LogP contribution in [0, 0.1) is 0 Å². The molecule has 1 aliphatic heterocycles. The lowest BCUT2D eigenvalue weighted by molar-refractivity contribution is -0.0965. The van der Waals surface area contributed by atoms with Crippen LogP contribution in [-0.4, -0.2) is 53.5 Å². The van der Waals surface area contributed by atoms with E-state index in [-0.39, 0.29) is 6.17 Å². The molecule has 22 heavy (non-hydrogen) atoms. The molecule has 6 nitrogen and oxygen atoms in total. The number of rotatable bonds is 9. The first-order valence-corrected chi connectivity index (χ1v) is 10.4. The lowest BCUT2D eigenvalue weighted by Crippen LogP contribution is -2.84. The fourth-order valence-electron chi connectivity index (χ4n) is 4.28. The first kappa shape index (κ1) is 20.0. The fourth-order valence-corrected chi connectivity index (χ4v) is 8.44. The van der Waals surface area contributed by atoms with Gasteiger partial charge in [0.15, 0.2) is 0 Å². The van der Waals surface area contributed by atoms with E-state index in [0.29, 0.717) is 0 Å². The summed E-state index contributed by atoms with van der Waals surface area (Å²) in [6, 6.07) is 0.932. The number of methoxy groups -OCH3 is 1. The molecule has 0 aromatic carbocycles. The summed E-state index contributed by atoms with van der Waals surface area (Å²) in [5.41, 5.74) is 5.68. The minimum atomic E-state index is -2.57. The predicted molar refractivity (Wildman–Crippen MR) is 91.7 cm³/mol. The molecule has 1 saturated heterocycles. The average Bonchev–Trinajstić information content (AvgIpc) is 2.49. The van der Waals surface area contributed by atoms with Gasteiger partial charge >= 0.3 is 8.56 Å². The van der Waals surface area contributed by atoms with Crippen LogP contribution in [0.1, 0.15) is 46.5 Å². The zero-order valence-corrected chi connectivity index (χ0v) is 16.1. The van der Waals surface area contributed by atoms with E-state index in [4.69, 9.17) is 19.3 Å². The lowest BCUT2D eigenvalue weighted by atomic mass is 9.91. The first-order chi connectivity index (χ1) is 10.4. The highest BCUT2D eigenvalue weighted by atomic mass is 28.4. The molecule has 1 rings (SSSR count). The highest BCUT2D eigenvalue weighted by Gasteiger charge is 2.69. The fraction of sp³-hybridized carbons (Fsp3) is 1.00. The molecule has 1 heterocycles. The molecule has 0 aromatic rings. The van der Waals surface area contributed by atoms with Crippen LogP contribution in [0.15, 0.2) is 0 Å². The first-order valence-electron chi connectivity index (χ1n) is 8.36. The molecule has 132 valence electrons. The molecule has 0 amide bonds. The van der Waals surface area contributed by atoms with Gasteiger partial charge < -0.3 is 19.3 Å². The van der Waals surface area contributed by atoms with Gasteiger partial charge in [-0.05, 0) is 38.8 Å². The average molecular weight is 334 g/mol. The maximum Gasteiger partial charge on any atom is 0.374 e. The second kappa shape index (κ2) is 8.19. The third-order valence-corrected chi connectivity index (χ3v) is 9.37. The van der Waals surface area contributed by atoms with Gasteiger partial charge in [-0.2, -0.15) is 0 Å². The molecule has 0 aromatic heterocycles. The van der Waals surface area contributed by atoms with E-state index in [9.17, 15) is 0 Å². The largest absolute Gasteiger partial charge is 0.396 e. The molecule has 3 unspecified atom stereocenters. The molecule has 1 fully saturated rings. The maximum absolute atomic E-state index is 6.22. The Hall–Kier alpha value is -0.0231. The Bertz CT molecular complexity index is 338. The number of ether oxygens (including phenoxy) is 1.